The Balaban J connectivity index is 1.89. The van der Waals surface area contributed by atoms with E-state index in [0.29, 0.717) is 0 Å². The molecule has 1 aliphatic rings. The van der Waals surface area contributed by atoms with Crippen molar-refractivity contribution in [3.63, 3.8) is 0 Å². The summed E-state index contributed by atoms with van der Waals surface area (Å²) < 4.78 is 16.1. The first-order chi connectivity index (χ1) is 10.1. The van der Waals surface area contributed by atoms with Gasteiger partial charge in [0.15, 0.2) is 12.6 Å². The third-order valence-electron chi connectivity index (χ3n) is 3.25. The summed E-state index contributed by atoms with van der Waals surface area (Å²) >= 11 is 0. The van der Waals surface area contributed by atoms with E-state index in [1.807, 2.05) is 30.3 Å². The van der Waals surface area contributed by atoms with Crippen molar-refractivity contribution in [2.24, 2.45) is 0 Å². The van der Waals surface area contributed by atoms with E-state index >= 15 is 0 Å². The van der Waals surface area contributed by atoms with Gasteiger partial charge < -0.3 is 29.5 Å². The molecular formula is C15H22O6. The van der Waals surface area contributed by atoms with Crippen molar-refractivity contribution in [1.82, 2.24) is 0 Å². The Morgan fingerprint density at radius 3 is 2.67 bits per heavy atom. The molecule has 6 nitrogen and oxygen atoms in total. The van der Waals surface area contributed by atoms with E-state index in [2.05, 4.69) is 0 Å². The fourth-order valence-corrected chi connectivity index (χ4v) is 2.17. The molecule has 2 rings (SSSR count). The van der Waals surface area contributed by atoms with Crippen molar-refractivity contribution in [3.8, 4) is 0 Å². The van der Waals surface area contributed by atoms with Crippen molar-refractivity contribution in [1.29, 1.82) is 0 Å². The molecule has 1 saturated heterocycles. The minimum absolute atomic E-state index is 0.0128. The van der Waals surface area contributed by atoms with Gasteiger partial charge in [0.25, 0.3) is 0 Å². The first-order valence-corrected chi connectivity index (χ1v) is 7.04. The summed E-state index contributed by atoms with van der Waals surface area (Å²) in [7, 11) is 0. The number of rotatable bonds is 6. The van der Waals surface area contributed by atoms with Crippen LogP contribution < -0.4 is 0 Å². The molecular weight excluding hydrogens is 276 g/mol. The van der Waals surface area contributed by atoms with Gasteiger partial charge in [-0.25, -0.2) is 0 Å². The fourth-order valence-electron chi connectivity index (χ4n) is 2.17. The minimum atomic E-state index is -0.933. The largest absolute Gasteiger partial charge is 0.391 e. The van der Waals surface area contributed by atoms with Gasteiger partial charge in [0.2, 0.25) is 0 Å². The molecule has 118 valence electrons. The highest BCUT2D eigenvalue weighted by molar-refractivity contribution is 5.16. The third kappa shape index (κ3) is 5.03. The molecule has 0 bridgehead atoms. The van der Waals surface area contributed by atoms with Crippen molar-refractivity contribution >= 4 is 0 Å². The van der Waals surface area contributed by atoms with E-state index in [-0.39, 0.29) is 19.6 Å². The van der Waals surface area contributed by atoms with Crippen LogP contribution in [0.1, 0.15) is 25.2 Å². The van der Waals surface area contributed by atoms with Crippen LogP contribution in [0.25, 0.3) is 0 Å². The molecule has 3 N–H and O–H groups in total. The molecule has 1 aliphatic heterocycles. The van der Waals surface area contributed by atoms with Crippen molar-refractivity contribution in [2.75, 3.05) is 13.2 Å². The van der Waals surface area contributed by atoms with E-state index in [1.165, 1.54) is 6.92 Å². The molecule has 5 atom stereocenters. The molecule has 6 heteroatoms. The van der Waals surface area contributed by atoms with Crippen LogP contribution in [0, 0.1) is 0 Å². The lowest BCUT2D eigenvalue weighted by Gasteiger charge is -2.35. The lowest BCUT2D eigenvalue weighted by molar-refractivity contribution is -0.262. The molecule has 0 aliphatic carbocycles. The lowest BCUT2D eigenvalue weighted by Crippen LogP contribution is -2.43. The average molecular weight is 298 g/mol. The summed E-state index contributed by atoms with van der Waals surface area (Å²) in [6.45, 7) is 1.60. The summed E-state index contributed by atoms with van der Waals surface area (Å²) in [4.78, 5) is 0. The molecule has 0 amide bonds. The number of aliphatic hydroxyl groups is 3. The fraction of sp³-hybridized carbons (Fsp3) is 0.600. The molecule has 0 aromatic heterocycles. The molecule has 1 aromatic carbocycles. The monoisotopic (exact) mass is 298 g/mol. The number of hydrogen-bond donors (Lipinski definition) is 3. The highest BCUT2D eigenvalue weighted by atomic mass is 16.7. The van der Waals surface area contributed by atoms with Crippen LogP contribution in [0.2, 0.25) is 0 Å². The van der Waals surface area contributed by atoms with Gasteiger partial charge in [-0.2, -0.15) is 0 Å². The normalized spacial score (nSPS) is 29.0. The van der Waals surface area contributed by atoms with E-state index in [1.54, 1.807) is 0 Å². The van der Waals surface area contributed by atoms with Gasteiger partial charge in [-0.05, 0) is 6.92 Å². The predicted molar refractivity (Wildman–Crippen MR) is 74.3 cm³/mol. The van der Waals surface area contributed by atoms with Crippen LogP contribution in [-0.4, -0.2) is 53.1 Å². The number of benzene rings is 1. The molecule has 5 unspecified atom stereocenters. The maximum atomic E-state index is 9.91. The Bertz CT molecular complexity index is 410. The molecule has 0 radical (unpaired) electrons. The Kier molecular flexibility index (Phi) is 6.10. The first-order valence-electron chi connectivity index (χ1n) is 7.04. The van der Waals surface area contributed by atoms with E-state index in [9.17, 15) is 10.2 Å². The van der Waals surface area contributed by atoms with Crippen LogP contribution in [0.4, 0.5) is 0 Å². The van der Waals surface area contributed by atoms with Gasteiger partial charge >= 0.3 is 0 Å². The maximum Gasteiger partial charge on any atom is 0.184 e. The van der Waals surface area contributed by atoms with Crippen LogP contribution in [-0.2, 0) is 14.2 Å². The predicted octanol–water partition coefficient (Wildman–Crippen LogP) is 0.567. The summed E-state index contributed by atoms with van der Waals surface area (Å²) in [5, 5.41) is 28.8. The second-order valence-corrected chi connectivity index (χ2v) is 5.14. The van der Waals surface area contributed by atoms with Gasteiger partial charge in [0, 0.05) is 12.0 Å². The number of ether oxygens (including phenoxy) is 3. The second kappa shape index (κ2) is 7.84. The van der Waals surface area contributed by atoms with E-state index in [0.717, 1.165) is 5.56 Å². The quantitative estimate of drug-likeness (QED) is 0.665. The van der Waals surface area contributed by atoms with Gasteiger partial charge in [0.1, 0.15) is 6.10 Å². The maximum absolute atomic E-state index is 9.91. The highest BCUT2D eigenvalue weighted by Gasteiger charge is 2.32. The van der Waals surface area contributed by atoms with Crippen LogP contribution in [0.3, 0.4) is 0 Å². The zero-order valence-corrected chi connectivity index (χ0v) is 12.0. The summed E-state index contributed by atoms with van der Waals surface area (Å²) in [6.07, 6.45) is -3.45. The van der Waals surface area contributed by atoms with Crippen LogP contribution in [0.5, 0.6) is 0 Å². The highest BCUT2D eigenvalue weighted by Crippen LogP contribution is 2.28. The average Bonchev–Trinajstić information content (AvgIpc) is 2.48. The zero-order chi connectivity index (χ0) is 15.2. The van der Waals surface area contributed by atoms with Gasteiger partial charge in [-0.15, -0.1) is 0 Å². The van der Waals surface area contributed by atoms with E-state index < -0.39 is 30.9 Å². The lowest BCUT2D eigenvalue weighted by atomic mass is 10.1. The molecule has 1 fully saturated rings. The third-order valence-corrected chi connectivity index (χ3v) is 3.25. The Hall–Kier alpha value is -1.02. The summed E-state index contributed by atoms with van der Waals surface area (Å²) in [6, 6.07) is 9.43. The molecule has 0 spiro atoms. The zero-order valence-electron chi connectivity index (χ0n) is 12.0. The van der Waals surface area contributed by atoms with Crippen molar-refractivity contribution < 1.29 is 29.5 Å². The van der Waals surface area contributed by atoms with Crippen LogP contribution in [0.15, 0.2) is 30.3 Å². The molecule has 21 heavy (non-hydrogen) atoms. The minimum Gasteiger partial charge on any atom is -0.391 e. The first kappa shape index (κ1) is 16.4. The Morgan fingerprint density at radius 2 is 2.00 bits per heavy atom. The molecule has 1 heterocycles. The van der Waals surface area contributed by atoms with Crippen molar-refractivity contribution in [3.05, 3.63) is 35.9 Å². The van der Waals surface area contributed by atoms with Crippen molar-refractivity contribution in [2.45, 2.75) is 44.2 Å². The summed E-state index contributed by atoms with van der Waals surface area (Å²) in [5.74, 6) is 0. The van der Waals surface area contributed by atoms with Crippen LogP contribution >= 0.6 is 0 Å². The van der Waals surface area contributed by atoms with Gasteiger partial charge in [-0.1, -0.05) is 30.3 Å². The van der Waals surface area contributed by atoms with Gasteiger partial charge in [0.05, 0.1) is 25.4 Å². The summed E-state index contributed by atoms with van der Waals surface area (Å²) in [5.41, 5.74) is 0.865. The Morgan fingerprint density at radius 1 is 1.29 bits per heavy atom. The molecule has 1 aromatic rings. The standard InChI is InChI=1S/C15H22O6/c1-10(16)19-8-12(17)7-14-13(18)9-20-15(21-14)11-5-3-2-4-6-11/h2-6,10,12-18H,7-9H2,1H3. The number of aliphatic hydroxyl groups excluding tert-OH is 3. The smallest absolute Gasteiger partial charge is 0.184 e. The molecule has 0 saturated carbocycles. The Labute approximate surface area is 123 Å². The van der Waals surface area contributed by atoms with Gasteiger partial charge in [-0.3, -0.25) is 0 Å². The number of hydrogen-bond acceptors (Lipinski definition) is 6. The van der Waals surface area contributed by atoms with E-state index in [4.69, 9.17) is 19.3 Å². The SMILES string of the molecule is CC(O)OCC(O)CC1OC(c2ccccc2)OCC1O. The topological polar surface area (TPSA) is 88.4 Å². The second-order valence-electron chi connectivity index (χ2n) is 5.14.